The fourth-order valence-electron chi connectivity index (χ4n) is 2.07. The van der Waals surface area contributed by atoms with Crippen molar-refractivity contribution in [3.05, 3.63) is 29.8 Å². The second kappa shape index (κ2) is 11.3. The zero-order chi connectivity index (χ0) is 16.9. The lowest BCUT2D eigenvalue weighted by molar-refractivity contribution is -0.140. The number of unbranched alkanes of at least 4 members (excludes halogenated alkanes) is 2. The molecule has 0 saturated heterocycles. The number of nitrogens with zero attached hydrogens (tertiary/aromatic N) is 1. The molecule has 6 heteroatoms. The van der Waals surface area contributed by atoms with E-state index in [4.69, 9.17) is 4.74 Å². The molecule has 0 bridgehead atoms. The number of carbonyl (C=O) groups is 1. The van der Waals surface area contributed by atoms with E-state index in [0.717, 1.165) is 43.1 Å². The molecule has 0 aliphatic heterocycles. The summed E-state index contributed by atoms with van der Waals surface area (Å²) in [6, 6.07) is 7.92. The Morgan fingerprint density at radius 1 is 1.17 bits per heavy atom. The van der Waals surface area contributed by atoms with Gasteiger partial charge in [0.15, 0.2) is 5.96 Å². The third kappa shape index (κ3) is 8.09. The molecule has 1 aromatic rings. The number of rotatable bonds is 9. The van der Waals surface area contributed by atoms with E-state index >= 15 is 0 Å². The quantitative estimate of drug-likeness (QED) is 0.315. The first-order valence-corrected chi connectivity index (χ1v) is 7.84. The number of benzene rings is 1. The fourth-order valence-corrected chi connectivity index (χ4v) is 2.07. The Morgan fingerprint density at radius 3 is 2.70 bits per heavy atom. The maximum absolute atomic E-state index is 11.0. The predicted octanol–water partition coefficient (Wildman–Crippen LogP) is 2.09. The zero-order valence-electron chi connectivity index (χ0n) is 14.2. The maximum atomic E-state index is 11.0. The number of guanidine groups is 1. The van der Waals surface area contributed by atoms with Crippen molar-refractivity contribution in [2.75, 3.05) is 27.8 Å². The van der Waals surface area contributed by atoms with Crippen molar-refractivity contribution in [2.45, 2.75) is 32.2 Å². The van der Waals surface area contributed by atoms with E-state index in [1.165, 1.54) is 7.11 Å². The van der Waals surface area contributed by atoms with Crippen LogP contribution in [0, 0.1) is 0 Å². The molecule has 0 aliphatic carbocycles. The third-order valence-electron chi connectivity index (χ3n) is 3.40. The molecule has 0 atom stereocenters. The minimum absolute atomic E-state index is 0.145. The van der Waals surface area contributed by atoms with Crippen molar-refractivity contribution in [1.29, 1.82) is 0 Å². The Labute approximate surface area is 138 Å². The summed E-state index contributed by atoms with van der Waals surface area (Å²) in [5.74, 6) is 1.47. The number of hydrogen-bond donors (Lipinski definition) is 2. The summed E-state index contributed by atoms with van der Waals surface area (Å²) in [5, 5.41) is 6.53. The van der Waals surface area contributed by atoms with Crippen LogP contribution in [0.2, 0.25) is 0 Å². The van der Waals surface area contributed by atoms with Crippen LogP contribution in [0.4, 0.5) is 0 Å². The second-order valence-electron chi connectivity index (χ2n) is 5.09. The molecule has 2 N–H and O–H groups in total. The molecule has 0 aliphatic rings. The Balaban J connectivity index is 2.20. The van der Waals surface area contributed by atoms with Crippen LogP contribution in [0.15, 0.2) is 29.3 Å². The minimum atomic E-state index is -0.145. The van der Waals surface area contributed by atoms with Gasteiger partial charge in [-0.05, 0) is 30.5 Å². The van der Waals surface area contributed by atoms with Crippen LogP contribution in [0.5, 0.6) is 5.75 Å². The number of nitrogens with one attached hydrogen (secondary N) is 2. The lowest BCUT2D eigenvalue weighted by Gasteiger charge is -2.12. The molecular formula is C17H27N3O3. The van der Waals surface area contributed by atoms with Gasteiger partial charge in [0.05, 0.1) is 14.2 Å². The first-order chi connectivity index (χ1) is 11.2. The lowest BCUT2D eigenvalue weighted by atomic mass is 10.2. The van der Waals surface area contributed by atoms with Crippen LogP contribution in [0.3, 0.4) is 0 Å². The molecule has 128 valence electrons. The number of esters is 1. The summed E-state index contributed by atoms with van der Waals surface area (Å²) in [6.07, 6.45) is 3.30. The molecule has 0 aromatic heterocycles. The van der Waals surface area contributed by atoms with Gasteiger partial charge in [-0.15, -0.1) is 0 Å². The molecule has 0 unspecified atom stereocenters. The molecule has 23 heavy (non-hydrogen) atoms. The Morgan fingerprint density at radius 2 is 2.00 bits per heavy atom. The molecule has 0 heterocycles. The predicted molar refractivity (Wildman–Crippen MR) is 91.7 cm³/mol. The normalized spacial score (nSPS) is 11.0. The van der Waals surface area contributed by atoms with Gasteiger partial charge in [0.1, 0.15) is 5.75 Å². The van der Waals surface area contributed by atoms with E-state index in [1.807, 2.05) is 24.3 Å². The van der Waals surface area contributed by atoms with Crippen LogP contribution in [-0.4, -0.2) is 39.7 Å². The van der Waals surface area contributed by atoms with Gasteiger partial charge in [0.25, 0.3) is 0 Å². The van der Waals surface area contributed by atoms with Crippen molar-refractivity contribution < 1.29 is 14.3 Å². The topological polar surface area (TPSA) is 72.0 Å². The highest BCUT2D eigenvalue weighted by atomic mass is 16.5. The summed E-state index contributed by atoms with van der Waals surface area (Å²) >= 11 is 0. The minimum Gasteiger partial charge on any atom is -0.497 e. The van der Waals surface area contributed by atoms with E-state index in [1.54, 1.807) is 14.2 Å². The monoisotopic (exact) mass is 321 g/mol. The summed E-state index contributed by atoms with van der Waals surface area (Å²) < 4.78 is 9.82. The van der Waals surface area contributed by atoms with Crippen molar-refractivity contribution >= 4 is 11.9 Å². The van der Waals surface area contributed by atoms with Crippen molar-refractivity contribution in [3.8, 4) is 5.75 Å². The average Bonchev–Trinajstić information content (AvgIpc) is 2.60. The standard InChI is InChI=1S/C17H27N3O3/c1-18-17(19-11-6-4-5-10-16(21)23-3)20-13-14-8-7-9-15(12-14)22-2/h7-9,12H,4-6,10-11,13H2,1-3H3,(H2,18,19,20). The Kier molecular flexibility index (Phi) is 9.28. The van der Waals surface area contributed by atoms with E-state index in [2.05, 4.69) is 20.4 Å². The van der Waals surface area contributed by atoms with Crippen molar-refractivity contribution in [2.24, 2.45) is 4.99 Å². The van der Waals surface area contributed by atoms with E-state index < -0.39 is 0 Å². The van der Waals surface area contributed by atoms with Gasteiger partial charge in [-0.1, -0.05) is 18.6 Å². The number of carbonyl (C=O) groups excluding carboxylic acids is 1. The van der Waals surface area contributed by atoms with Gasteiger partial charge in [0.2, 0.25) is 0 Å². The molecule has 0 fully saturated rings. The molecule has 0 amide bonds. The molecular weight excluding hydrogens is 294 g/mol. The van der Waals surface area contributed by atoms with E-state index in [9.17, 15) is 4.79 Å². The summed E-state index contributed by atoms with van der Waals surface area (Å²) in [6.45, 7) is 1.50. The first-order valence-electron chi connectivity index (χ1n) is 7.84. The van der Waals surface area contributed by atoms with Crippen LogP contribution in [0.25, 0.3) is 0 Å². The Hall–Kier alpha value is -2.24. The smallest absolute Gasteiger partial charge is 0.305 e. The molecule has 6 nitrogen and oxygen atoms in total. The average molecular weight is 321 g/mol. The molecule has 1 rings (SSSR count). The molecule has 0 radical (unpaired) electrons. The van der Waals surface area contributed by atoms with Gasteiger partial charge in [0, 0.05) is 26.6 Å². The largest absolute Gasteiger partial charge is 0.497 e. The highest BCUT2D eigenvalue weighted by Crippen LogP contribution is 2.12. The first kappa shape index (κ1) is 18.8. The van der Waals surface area contributed by atoms with Crippen LogP contribution in [-0.2, 0) is 16.1 Å². The van der Waals surface area contributed by atoms with Crippen LogP contribution < -0.4 is 15.4 Å². The second-order valence-corrected chi connectivity index (χ2v) is 5.09. The van der Waals surface area contributed by atoms with E-state index in [0.29, 0.717) is 13.0 Å². The number of aliphatic imine (C=N–C) groups is 1. The van der Waals surface area contributed by atoms with E-state index in [-0.39, 0.29) is 5.97 Å². The Bertz CT molecular complexity index is 504. The maximum Gasteiger partial charge on any atom is 0.305 e. The summed E-state index contributed by atoms with van der Waals surface area (Å²) in [7, 11) is 4.83. The van der Waals surface area contributed by atoms with Crippen molar-refractivity contribution in [3.63, 3.8) is 0 Å². The number of ether oxygens (including phenoxy) is 2. The highest BCUT2D eigenvalue weighted by Gasteiger charge is 2.01. The van der Waals surface area contributed by atoms with Gasteiger partial charge in [-0.3, -0.25) is 9.79 Å². The fraction of sp³-hybridized carbons (Fsp3) is 0.529. The SMILES string of the molecule is CN=C(NCCCCCC(=O)OC)NCc1cccc(OC)c1. The van der Waals surface area contributed by atoms with Gasteiger partial charge in [-0.2, -0.15) is 0 Å². The summed E-state index contributed by atoms with van der Waals surface area (Å²) in [5.41, 5.74) is 1.13. The van der Waals surface area contributed by atoms with Gasteiger partial charge < -0.3 is 20.1 Å². The molecule has 0 spiro atoms. The third-order valence-corrected chi connectivity index (χ3v) is 3.40. The van der Waals surface area contributed by atoms with Crippen LogP contribution >= 0.6 is 0 Å². The molecule has 1 aromatic carbocycles. The van der Waals surface area contributed by atoms with Gasteiger partial charge >= 0.3 is 5.97 Å². The summed E-state index contributed by atoms with van der Waals surface area (Å²) in [4.78, 5) is 15.2. The number of methoxy groups -OCH3 is 2. The number of hydrogen-bond acceptors (Lipinski definition) is 4. The molecule has 0 saturated carbocycles. The van der Waals surface area contributed by atoms with Gasteiger partial charge in [-0.25, -0.2) is 0 Å². The zero-order valence-corrected chi connectivity index (χ0v) is 14.2. The van der Waals surface area contributed by atoms with Crippen molar-refractivity contribution in [1.82, 2.24) is 10.6 Å². The van der Waals surface area contributed by atoms with Crippen LogP contribution in [0.1, 0.15) is 31.2 Å². The lowest BCUT2D eigenvalue weighted by Crippen LogP contribution is -2.37. The highest BCUT2D eigenvalue weighted by molar-refractivity contribution is 5.79.